The summed E-state index contributed by atoms with van der Waals surface area (Å²) >= 11 is 0. The number of nitrogen functional groups attached to an aromatic ring is 2. The summed E-state index contributed by atoms with van der Waals surface area (Å²) in [6, 6.07) is 14.5. The third-order valence-corrected chi connectivity index (χ3v) is 6.73. The van der Waals surface area contributed by atoms with Gasteiger partial charge in [-0.2, -0.15) is 4.40 Å². The molecule has 0 heterocycles. The van der Waals surface area contributed by atoms with Gasteiger partial charge in [-0.15, -0.1) is 0 Å². The number of aliphatic hydroxyl groups is 4. The van der Waals surface area contributed by atoms with E-state index in [1.807, 2.05) is 78.8 Å². The largest absolute Gasteiger partial charge is 0.398 e. The van der Waals surface area contributed by atoms with Crippen LogP contribution in [0, 0.1) is 0 Å². The quantitative estimate of drug-likeness (QED) is 0.103. The van der Waals surface area contributed by atoms with Gasteiger partial charge in [0.2, 0.25) is 0 Å². The van der Waals surface area contributed by atoms with E-state index in [-0.39, 0.29) is 63.4 Å². The fourth-order valence-electron chi connectivity index (χ4n) is 1.95. The Bertz CT molecular complexity index is 1080. The first kappa shape index (κ1) is 56.5. The predicted molar refractivity (Wildman–Crippen MR) is 195 cm³/mol. The molecular formula is C32H62N4O7S2Ti. The van der Waals surface area contributed by atoms with Crippen molar-refractivity contribution in [2.75, 3.05) is 37.9 Å². The number of hydrogen-bond donors (Lipinski definition) is 7. The first-order chi connectivity index (χ1) is 20.6. The summed E-state index contributed by atoms with van der Waals surface area (Å²) < 4.78 is 25.8. The molecule has 0 spiro atoms. The Morgan fingerprint density at radius 1 is 0.674 bits per heavy atom. The van der Waals surface area contributed by atoms with E-state index in [2.05, 4.69) is 4.40 Å². The summed E-state index contributed by atoms with van der Waals surface area (Å²) in [6.07, 6.45) is 0. The van der Waals surface area contributed by atoms with Crippen molar-refractivity contribution in [3.05, 3.63) is 59.7 Å². The molecule has 0 saturated heterocycles. The Labute approximate surface area is 298 Å². The van der Waals surface area contributed by atoms with Gasteiger partial charge in [0.15, 0.2) is 5.78 Å². The second kappa shape index (κ2) is 34.5. The molecule has 2 aromatic carbocycles. The van der Waals surface area contributed by atoms with Gasteiger partial charge >= 0.3 is 0 Å². The van der Waals surface area contributed by atoms with Crippen molar-refractivity contribution in [1.29, 1.82) is 0 Å². The minimum Gasteiger partial charge on any atom is -0.398 e. The van der Waals surface area contributed by atoms with E-state index >= 15 is 0 Å². The van der Waals surface area contributed by atoms with E-state index in [0.717, 1.165) is 5.56 Å². The molecular weight excluding hydrogens is 664 g/mol. The maximum Gasteiger partial charge on any atom is 0.161 e. The van der Waals surface area contributed by atoms with Crippen molar-refractivity contribution in [3.8, 4) is 0 Å². The van der Waals surface area contributed by atoms with Gasteiger partial charge in [0.05, 0.1) is 26.2 Å². The molecule has 46 heavy (non-hydrogen) atoms. The summed E-state index contributed by atoms with van der Waals surface area (Å²) in [5, 5.41) is 35.3. The van der Waals surface area contributed by atoms with Gasteiger partial charge < -0.3 is 31.9 Å². The SMILES string of the molecule is CC(=NS(=O)C(C)(C)C)c1ccccc1N.CC(=O)c1ccccc1N.CC(C)(C)S(N)=O.CCO.CCO.CCO.CCO.[Ti]. The summed E-state index contributed by atoms with van der Waals surface area (Å²) in [4.78, 5) is 10.8. The van der Waals surface area contributed by atoms with Crippen molar-refractivity contribution in [2.24, 2.45) is 9.54 Å². The Morgan fingerprint density at radius 3 is 1.13 bits per heavy atom. The summed E-state index contributed by atoms with van der Waals surface area (Å²) in [6.45, 7) is 22.3. The predicted octanol–water partition coefficient (Wildman–Crippen LogP) is 4.41. The second-order valence-electron chi connectivity index (χ2n) is 10.4. The molecule has 0 fully saturated rings. The minimum atomic E-state index is -1.24. The minimum absolute atomic E-state index is 0. The maximum absolute atomic E-state index is 11.8. The maximum atomic E-state index is 11.8. The zero-order valence-electron chi connectivity index (χ0n) is 30.0. The van der Waals surface area contributed by atoms with Crippen molar-refractivity contribution >= 4 is 44.8 Å². The summed E-state index contributed by atoms with van der Waals surface area (Å²) in [5.41, 5.74) is 14.7. The number of rotatable bonds is 3. The molecule has 0 aliphatic rings. The summed E-state index contributed by atoms with van der Waals surface area (Å²) in [5.74, 6) is 0.0121. The van der Waals surface area contributed by atoms with E-state index in [9.17, 15) is 13.2 Å². The smallest absolute Gasteiger partial charge is 0.161 e. The fraction of sp³-hybridized carbons (Fsp3) is 0.562. The van der Waals surface area contributed by atoms with E-state index in [1.165, 1.54) is 6.92 Å². The molecule has 10 N–H and O–H groups in total. The number of carbonyl (C=O) groups excluding carboxylic acids is 1. The first-order valence-electron chi connectivity index (χ1n) is 14.4. The van der Waals surface area contributed by atoms with Crippen molar-refractivity contribution in [2.45, 2.75) is 92.6 Å². The third-order valence-electron chi connectivity index (χ3n) is 4.04. The van der Waals surface area contributed by atoms with Crippen LogP contribution in [-0.4, -0.2) is 76.3 Å². The van der Waals surface area contributed by atoms with Crippen LogP contribution >= 0.6 is 0 Å². The zero-order chi connectivity index (χ0) is 36.8. The van der Waals surface area contributed by atoms with Gasteiger partial charge in [-0.25, -0.2) is 8.42 Å². The van der Waals surface area contributed by atoms with Crippen LogP contribution in [0.5, 0.6) is 0 Å². The van der Waals surface area contributed by atoms with E-state index in [0.29, 0.717) is 22.6 Å². The number of Topliss-reactive ketones (excluding diaryl/α,β-unsaturated/α-hetero) is 1. The number of hydrogen-bond acceptors (Lipinski definition) is 9. The number of ketones is 1. The number of benzene rings is 2. The average Bonchev–Trinajstić information content (AvgIpc) is 2.90. The molecule has 2 atom stereocenters. The van der Waals surface area contributed by atoms with Gasteiger partial charge in [-0.05, 0) is 101 Å². The number of carbonyl (C=O) groups is 1. The zero-order valence-corrected chi connectivity index (χ0v) is 33.2. The molecule has 0 saturated carbocycles. The fourth-order valence-corrected chi connectivity index (χ4v) is 2.58. The molecule has 2 rings (SSSR count). The number of aliphatic hydroxyl groups excluding tert-OH is 4. The van der Waals surface area contributed by atoms with Crippen LogP contribution in [0.15, 0.2) is 52.9 Å². The Kier molecular flexibility index (Phi) is 42.4. The van der Waals surface area contributed by atoms with Crippen molar-refractivity contribution < 1.29 is 55.4 Å². The van der Waals surface area contributed by atoms with Crippen molar-refractivity contribution in [1.82, 2.24) is 0 Å². The van der Waals surface area contributed by atoms with Crippen LogP contribution in [0.25, 0.3) is 0 Å². The number of para-hydroxylation sites is 2. The normalized spacial score (nSPS) is 11.3. The molecule has 2 unspecified atom stereocenters. The third kappa shape index (κ3) is 36.7. The second-order valence-corrected chi connectivity index (χ2v) is 14.2. The van der Waals surface area contributed by atoms with Gasteiger partial charge in [0.25, 0.3) is 0 Å². The van der Waals surface area contributed by atoms with Crippen molar-refractivity contribution in [3.63, 3.8) is 0 Å². The molecule has 0 aliphatic carbocycles. The number of nitrogens with two attached hydrogens (primary N) is 3. The molecule has 0 amide bonds. The topological polar surface area (TPSA) is 223 Å². The van der Waals surface area contributed by atoms with Crippen LogP contribution in [0.4, 0.5) is 11.4 Å². The molecule has 0 bridgehead atoms. The Hall–Kier alpha value is -1.81. The van der Waals surface area contributed by atoms with Gasteiger partial charge in [0, 0.05) is 70.6 Å². The molecule has 268 valence electrons. The van der Waals surface area contributed by atoms with Gasteiger partial charge in [0.1, 0.15) is 11.0 Å². The molecule has 2 aromatic rings. The Morgan fingerprint density at radius 2 is 0.935 bits per heavy atom. The molecule has 11 nitrogen and oxygen atoms in total. The number of anilines is 2. The Balaban J connectivity index is -0.000000115. The van der Waals surface area contributed by atoms with Crippen LogP contribution in [0.3, 0.4) is 0 Å². The first-order valence-corrected chi connectivity index (χ1v) is 16.7. The molecule has 0 aromatic heterocycles. The van der Waals surface area contributed by atoms with Gasteiger partial charge in [-0.1, -0.05) is 30.3 Å². The average molecular weight is 727 g/mol. The van der Waals surface area contributed by atoms with E-state index in [4.69, 9.17) is 37.0 Å². The molecule has 14 heteroatoms. The monoisotopic (exact) mass is 726 g/mol. The van der Waals surface area contributed by atoms with Crippen LogP contribution in [0.2, 0.25) is 0 Å². The summed E-state index contributed by atoms with van der Waals surface area (Å²) in [7, 11) is -2.43. The van der Waals surface area contributed by atoms with Crippen LogP contribution < -0.4 is 16.6 Å². The molecule has 0 radical (unpaired) electrons. The standard InChI is InChI=1S/C12H18N2OS.C8H9NO.C4H11NOS.4C2H6O.Ti/c1-9(14-16(15)12(2,3)4)10-7-5-6-8-11(10)13;1-6(10)7-4-2-3-5-8(7)9;1-4(2,3)7(5)6;4*1-2-3;/h5-8H,13H2,1-4H3;2-5H,9H2,1H3;5H2,1-3H3;4*3H,2H2,1H3;. The van der Waals surface area contributed by atoms with Crippen LogP contribution in [0.1, 0.15) is 99.0 Å². The van der Waals surface area contributed by atoms with E-state index < -0.39 is 22.0 Å². The van der Waals surface area contributed by atoms with Gasteiger partial charge in [-0.3, -0.25) is 9.93 Å². The molecule has 0 aliphatic heterocycles. The van der Waals surface area contributed by atoms with Crippen LogP contribution in [-0.2, 0) is 43.7 Å². The number of nitrogens with zero attached hydrogens (tertiary/aromatic N) is 1. The van der Waals surface area contributed by atoms with E-state index in [1.54, 1.807) is 45.9 Å².